The van der Waals surface area contributed by atoms with Gasteiger partial charge in [-0.2, -0.15) is 0 Å². The number of carbonyl (C=O) groups excluding carboxylic acids is 2. The van der Waals surface area contributed by atoms with Gasteiger partial charge in [0.2, 0.25) is 11.8 Å². The van der Waals surface area contributed by atoms with Crippen LogP contribution in [0.4, 0.5) is 0 Å². The molecule has 0 unspecified atom stereocenters. The fraction of sp³-hybridized carbons (Fsp3) is 0.292. The predicted octanol–water partition coefficient (Wildman–Crippen LogP) is 3.48. The molecule has 1 fully saturated rings. The minimum atomic E-state index is -0.266. The Hall–Kier alpha value is -3.21. The molecule has 2 aromatic carbocycles. The molecule has 0 aliphatic carbocycles. The van der Waals surface area contributed by atoms with E-state index in [0.29, 0.717) is 32.4 Å². The van der Waals surface area contributed by atoms with Gasteiger partial charge in [0, 0.05) is 30.1 Å². The van der Waals surface area contributed by atoms with Crippen molar-refractivity contribution in [3.63, 3.8) is 0 Å². The molecule has 5 nitrogen and oxygen atoms in total. The van der Waals surface area contributed by atoms with Crippen LogP contribution in [0.1, 0.15) is 24.1 Å². The lowest BCUT2D eigenvalue weighted by Crippen LogP contribution is -2.42. The molecule has 0 saturated carbocycles. The highest BCUT2D eigenvalue weighted by Gasteiger charge is 2.27. The van der Waals surface area contributed by atoms with Crippen molar-refractivity contribution in [2.75, 3.05) is 13.1 Å². The summed E-state index contributed by atoms with van der Waals surface area (Å²) in [5.74, 6) is -0.314. The highest BCUT2D eigenvalue weighted by atomic mass is 16.2. The first-order chi connectivity index (χ1) is 14.0. The van der Waals surface area contributed by atoms with E-state index in [0.717, 1.165) is 33.3 Å². The summed E-state index contributed by atoms with van der Waals surface area (Å²) in [5, 5.41) is 1.06. The van der Waals surface area contributed by atoms with Crippen molar-refractivity contribution in [1.29, 1.82) is 0 Å². The lowest BCUT2D eigenvalue weighted by molar-refractivity contribution is -0.134. The van der Waals surface area contributed by atoms with Gasteiger partial charge in [-0.3, -0.25) is 14.6 Å². The quantitative estimate of drug-likeness (QED) is 0.745. The number of benzene rings is 2. The molecule has 148 valence electrons. The molecule has 0 atom stereocenters. The smallest absolute Gasteiger partial charge is 0.227 e. The number of fused-ring (bicyclic) bond motifs is 1. The number of aromatic nitrogens is 1. The predicted molar refractivity (Wildman–Crippen MR) is 114 cm³/mol. The molecule has 1 saturated heterocycles. The largest absolute Gasteiger partial charge is 0.369 e. The van der Waals surface area contributed by atoms with Crippen LogP contribution in [0.5, 0.6) is 0 Å². The SMILES string of the molecule is Cc1nc2ccccc2c(-c2ccccc2)c1CC(=O)N1CCC(C(N)=O)CC1. The third-order valence-electron chi connectivity index (χ3n) is 5.84. The number of likely N-dealkylation sites (tertiary alicyclic amines) is 1. The third kappa shape index (κ3) is 3.86. The zero-order valence-corrected chi connectivity index (χ0v) is 16.6. The topological polar surface area (TPSA) is 76.3 Å². The highest BCUT2D eigenvalue weighted by molar-refractivity contribution is 5.98. The Labute approximate surface area is 170 Å². The van der Waals surface area contributed by atoms with Crippen molar-refractivity contribution >= 4 is 22.7 Å². The van der Waals surface area contributed by atoms with Crippen molar-refractivity contribution in [3.8, 4) is 11.1 Å². The number of primary amides is 1. The molecule has 2 amide bonds. The Bertz CT molecular complexity index is 1050. The van der Waals surface area contributed by atoms with E-state index in [1.807, 2.05) is 48.2 Å². The van der Waals surface area contributed by atoms with E-state index in [-0.39, 0.29) is 17.7 Å². The van der Waals surface area contributed by atoms with Crippen LogP contribution in [0.15, 0.2) is 54.6 Å². The van der Waals surface area contributed by atoms with Gasteiger partial charge >= 0.3 is 0 Å². The molecule has 4 rings (SSSR count). The average Bonchev–Trinajstić information content (AvgIpc) is 2.75. The summed E-state index contributed by atoms with van der Waals surface area (Å²) in [6, 6.07) is 18.2. The van der Waals surface area contributed by atoms with E-state index >= 15 is 0 Å². The van der Waals surface area contributed by atoms with Crippen LogP contribution in [0.3, 0.4) is 0 Å². The number of aryl methyl sites for hydroxylation is 1. The molecule has 5 heteroatoms. The van der Waals surface area contributed by atoms with Gasteiger partial charge < -0.3 is 10.6 Å². The molecular formula is C24H25N3O2. The number of nitrogens with two attached hydrogens (primary N) is 1. The van der Waals surface area contributed by atoms with Gasteiger partial charge in [-0.15, -0.1) is 0 Å². The normalized spacial score (nSPS) is 14.9. The van der Waals surface area contributed by atoms with Gasteiger partial charge in [-0.05, 0) is 42.5 Å². The van der Waals surface area contributed by atoms with Crippen LogP contribution in [0.2, 0.25) is 0 Å². The maximum absolute atomic E-state index is 13.1. The van der Waals surface area contributed by atoms with Crippen molar-refractivity contribution in [3.05, 3.63) is 65.9 Å². The van der Waals surface area contributed by atoms with Gasteiger partial charge in [0.25, 0.3) is 0 Å². The molecule has 3 aromatic rings. The first kappa shape index (κ1) is 19.1. The van der Waals surface area contributed by atoms with E-state index in [1.165, 1.54) is 0 Å². The number of nitrogens with zero attached hydrogens (tertiary/aromatic N) is 2. The number of piperidine rings is 1. The number of rotatable bonds is 4. The van der Waals surface area contributed by atoms with Gasteiger partial charge in [0.1, 0.15) is 0 Å². The second kappa shape index (κ2) is 8.03. The summed E-state index contributed by atoms with van der Waals surface area (Å²) < 4.78 is 0. The number of carbonyl (C=O) groups is 2. The monoisotopic (exact) mass is 387 g/mol. The Balaban J connectivity index is 1.70. The lowest BCUT2D eigenvalue weighted by Gasteiger charge is -2.31. The fourth-order valence-electron chi connectivity index (χ4n) is 4.20. The van der Waals surface area contributed by atoms with Crippen molar-refractivity contribution in [2.45, 2.75) is 26.2 Å². The molecule has 2 N–H and O–H groups in total. The summed E-state index contributed by atoms with van der Waals surface area (Å²) in [6.45, 7) is 3.13. The van der Waals surface area contributed by atoms with E-state index in [9.17, 15) is 9.59 Å². The second-order valence-corrected chi connectivity index (χ2v) is 7.67. The molecule has 1 aliphatic rings. The molecule has 0 bridgehead atoms. The fourth-order valence-corrected chi connectivity index (χ4v) is 4.20. The van der Waals surface area contributed by atoms with E-state index in [4.69, 9.17) is 10.7 Å². The van der Waals surface area contributed by atoms with Gasteiger partial charge in [0.15, 0.2) is 0 Å². The third-order valence-corrected chi connectivity index (χ3v) is 5.84. The number of amides is 2. The van der Waals surface area contributed by atoms with E-state index < -0.39 is 0 Å². The number of hydrogen-bond acceptors (Lipinski definition) is 3. The number of hydrogen-bond donors (Lipinski definition) is 1. The molecule has 2 heterocycles. The van der Waals surface area contributed by atoms with Gasteiger partial charge in [-0.25, -0.2) is 0 Å². The van der Waals surface area contributed by atoms with E-state index in [2.05, 4.69) is 18.2 Å². The standard InChI is InChI=1S/C24H25N3O2/c1-16-20(15-22(28)27-13-11-18(12-14-27)24(25)29)23(17-7-3-2-4-8-17)19-9-5-6-10-21(19)26-16/h2-10,18H,11-15H2,1H3,(H2,25,29). The van der Waals surface area contributed by atoms with Crippen molar-refractivity contribution in [1.82, 2.24) is 9.88 Å². The maximum atomic E-state index is 13.1. The Morgan fingerprint density at radius 3 is 2.38 bits per heavy atom. The zero-order valence-electron chi connectivity index (χ0n) is 16.6. The summed E-state index contributed by atoms with van der Waals surface area (Å²) in [6.07, 6.45) is 1.58. The molecule has 0 radical (unpaired) electrons. The molecule has 0 spiro atoms. The van der Waals surface area contributed by atoms with Crippen molar-refractivity contribution < 1.29 is 9.59 Å². The van der Waals surface area contributed by atoms with E-state index in [1.54, 1.807) is 0 Å². The molecule has 1 aliphatic heterocycles. The van der Waals surface area contributed by atoms with Crippen LogP contribution in [0.25, 0.3) is 22.0 Å². The van der Waals surface area contributed by atoms with Crippen molar-refractivity contribution in [2.24, 2.45) is 11.7 Å². The summed E-state index contributed by atoms with van der Waals surface area (Å²) in [5.41, 5.74) is 10.4. The summed E-state index contributed by atoms with van der Waals surface area (Å²) in [4.78, 5) is 31.1. The van der Waals surface area contributed by atoms with Crippen LogP contribution in [-0.4, -0.2) is 34.8 Å². The lowest BCUT2D eigenvalue weighted by atomic mass is 9.91. The van der Waals surface area contributed by atoms with Crippen LogP contribution < -0.4 is 5.73 Å². The van der Waals surface area contributed by atoms with Gasteiger partial charge in [0.05, 0.1) is 11.9 Å². The van der Waals surface area contributed by atoms with Crippen LogP contribution in [0, 0.1) is 12.8 Å². The average molecular weight is 387 g/mol. The van der Waals surface area contributed by atoms with Gasteiger partial charge in [-0.1, -0.05) is 48.5 Å². The van der Waals surface area contributed by atoms with Crippen LogP contribution in [-0.2, 0) is 16.0 Å². The first-order valence-corrected chi connectivity index (χ1v) is 10.1. The second-order valence-electron chi connectivity index (χ2n) is 7.67. The number of para-hydroxylation sites is 1. The minimum Gasteiger partial charge on any atom is -0.369 e. The summed E-state index contributed by atoms with van der Waals surface area (Å²) >= 11 is 0. The Morgan fingerprint density at radius 1 is 1.03 bits per heavy atom. The Morgan fingerprint density at radius 2 is 1.69 bits per heavy atom. The highest BCUT2D eigenvalue weighted by Crippen LogP contribution is 2.33. The number of pyridine rings is 1. The molecule has 1 aromatic heterocycles. The summed E-state index contributed by atoms with van der Waals surface area (Å²) in [7, 11) is 0. The first-order valence-electron chi connectivity index (χ1n) is 10.1. The minimum absolute atomic E-state index is 0.0743. The maximum Gasteiger partial charge on any atom is 0.227 e. The van der Waals surface area contributed by atoms with Crippen LogP contribution >= 0.6 is 0 Å². The Kier molecular flexibility index (Phi) is 5.30. The molecular weight excluding hydrogens is 362 g/mol. The molecule has 29 heavy (non-hydrogen) atoms. The zero-order chi connectivity index (χ0) is 20.4.